The summed E-state index contributed by atoms with van der Waals surface area (Å²) in [5.74, 6) is -0.407. The van der Waals surface area contributed by atoms with Gasteiger partial charge >= 0.3 is 12.3 Å². The zero-order chi connectivity index (χ0) is 22.0. The first-order chi connectivity index (χ1) is 14.0. The second kappa shape index (κ2) is 8.27. The van der Waals surface area contributed by atoms with Crippen LogP contribution in [-0.2, 0) is 20.8 Å². The molecule has 162 valence electrons. The summed E-state index contributed by atoms with van der Waals surface area (Å²) in [5, 5.41) is 11.5. The second-order valence-electron chi connectivity index (χ2n) is 7.18. The van der Waals surface area contributed by atoms with Crippen molar-refractivity contribution in [2.75, 3.05) is 19.0 Å². The van der Waals surface area contributed by atoms with Gasteiger partial charge in [-0.15, -0.1) is 0 Å². The van der Waals surface area contributed by atoms with Crippen molar-refractivity contribution in [1.29, 1.82) is 0 Å². The summed E-state index contributed by atoms with van der Waals surface area (Å²) in [4.78, 5) is 11.2. The van der Waals surface area contributed by atoms with E-state index in [1.54, 1.807) is 0 Å². The van der Waals surface area contributed by atoms with Crippen molar-refractivity contribution in [3.05, 3.63) is 54.1 Å². The van der Waals surface area contributed by atoms with Gasteiger partial charge in [0.15, 0.2) is 9.84 Å². The number of halogens is 3. The normalized spacial score (nSPS) is 16.8. The van der Waals surface area contributed by atoms with Crippen LogP contribution in [0.2, 0.25) is 0 Å². The highest BCUT2D eigenvalue weighted by Crippen LogP contribution is 2.32. The molecule has 1 heterocycles. The summed E-state index contributed by atoms with van der Waals surface area (Å²) in [7, 11) is -3.82. The third-order valence-corrected chi connectivity index (χ3v) is 6.97. The SMILES string of the molecule is O=C(O)NC1(CS(=O)(=O)c2ccc(-c3ccc(C(F)(F)F)cc3)cc2)CCOCC1. The van der Waals surface area contributed by atoms with Crippen LogP contribution >= 0.6 is 0 Å². The van der Waals surface area contributed by atoms with Crippen molar-refractivity contribution in [2.24, 2.45) is 0 Å². The average Bonchev–Trinajstić information content (AvgIpc) is 2.67. The molecule has 1 fully saturated rings. The molecule has 0 atom stereocenters. The molecule has 1 saturated heterocycles. The minimum atomic E-state index is -4.43. The number of carboxylic acid groups (broad SMARTS) is 1. The van der Waals surface area contributed by atoms with Crippen molar-refractivity contribution in [2.45, 2.75) is 29.5 Å². The van der Waals surface area contributed by atoms with Crippen molar-refractivity contribution < 1.29 is 36.2 Å². The monoisotopic (exact) mass is 443 g/mol. The lowest BCUT2D eigenvalue weighted by molar-refractivity contribution is -0.137. The van der Waals surface area contributed by atoms with Gasteiger partial charge in [-0.1, -0.05) is 24.3 Å². The van der Waals surface area contributed by atoms with Crippen LogP contribution in [0, 0.1) is 0 Å². The Kier molecular flexibility index (Phi) is 6.09. The largest absolute Gasteiger partial charge is 0.465 e. The lowest BCUT2D eigenvalue weighted by atomic mass is 9.92. The van der Waals surface area contributed by atoms with Crippen molar-refractivity contribution >= 4 is 15.9 Å². The number of hydrogen-bond acceptors (Lipinski definition) is 4. The molecule has 1 aliphatic heterocycles. The van der Waals surface area contributed by atoms with E-state index >= 15 is 0 Å². The van der Waals surface area contributed by atoms with Crippen LogP contribution in [0.4, 0.5) is 18.0 Å². The summed E-state index contributed by atoms with van der Waals surface area (Å²) in [6.45, 7) is 0.505. The van der Waals surface area contributed by atoms with Crippen LogP contribution in [0.5, 0.6) is 0 Å². The number of rotatable bonds is 5. The first kappa shape index (κ1) is 22.1. The zero-order valence-corrected chi connectivity index (χ0v) is 16.6. The first-order valence-corrected chi connectivity index (χ1v) is 10.8. The van der Waals surface area contributed by atoms with E-state index in [2.05, 4.69) is 5.32 Å². The number of amides is 1. The third-order valence-electron chi connectivity index (χ3n) is 5.05. The van der Waals surface area contributed by atoms with E-state index in [0.717, 1.165) is 12.1 Å². The van der Waals surface area contributed by atoms with Gasteiger partial charge in [0.1, 0.15) is 0 Å². The minimum Gasteiger partial charge on any atom is -0.465 e. The predicted octanol–water partition coefficient (Wildman–Crippen LogP) is 3.96. The lowest BCUT2D eigenvalue weighted by Crippen LogP contribution is -2.55. The summed E-state index contributed by atoms with van der Waals surface area (Å²) in [6.07, 6.45) is -5.25. The molecule has 10 heteroatoms. The second-order valence-corrected chi connectivity index (χ2v) is 9.17. The minimum absolute atomic E-state index is 0.0104. The number of benzene rings is 2. The maximum absolute atomic E-state index is 12.9. The Hall–Kier alpha value is -2.59. The highest BCUT2D eigenvalue weighted by atomic mass is 32.2. The Morgan fingerprint density at radius 3 is 1.97 bits per heavy atom. The molecule has 1 amide bonds. The van der Waals surface area contributed by atoms with E-state index in [-0.39, 0.29) is 31.0 Å². The highest BCUT2D eigenvalue weighted by Gasteiger charge is 2.39. The molecule has 0 saturated carbocycles. The topological polar surface area (TPSA) is 92.7 Å². The molecule has 2 N–H and O–H groups in total. The molecule has 2 aromatic carbocycles. The van der Waals surface area contributed by atoms with E-state index in [0.29, 0.717) is 11.1 Å². The van der Waals surface area contributed by atoms with Crippen molar-refractivity contribution in [3.8, 4) is 11.1 Å². The standard InChI is InChI=1S/C20H20F3NO5S/c21-20(22,23)16-5-1-14(2-6-16)15-3-7-17(8-4-15)30(27,28)13-19(24-18(25)26)9-11-29-12-10-19/h1-8,24H,9-13H2,(H,25,26). The van der Waals surface area contributed by atoms with Gasteiger partial charge in [0.2, 0.25) is 0 Å². The number of nitrogens with one attached hydrogen (secondary N) is 1. The van der Waals surface area contributed by atoms with Gasteiger partial charge in [-0.3, -0.25) is 0 Å². The number of carbonyl (C=O) groups is 1. The van der Waals surface area contributed by atoms with Crippen LogP contribution in [0.1, 0.15) is 18.4 Å². The van der Waals surface area contributed by atoms with Gasteiger partial charge in [-0.05, 0) is 48.2 Å². The lowest BCUT2D eigenvalue weighted by Gasteiger charge is -2.36. The molecular formula is C20H20F3NO5S. The number of hydrogen-bond donors (Lipinski definition) is 2. The molecule has 1 aliphatic rings. The van der Waals surface area contributed by atoms with Crippen LogP contribution < -0.4 is 5.32 Å². The van der Waals surface area contributed by atoms with Crippen LogP contribution in [0.3, 0.4) is 0 Å². The van der Waals surface area contributed by atoms with Crippen LogP contribution in [-0.4, -0.2) is 44.1 Å². The zero-order valence-electron chi connectivity index (χ0n) is 15.8. The molecule has 0 radical (unpaired) electrons. The summed E-state index contributed by atoms with van der Waals surface area (Å²) >= 11 is 0. The molecule has 0 aromatic heterocycles. The van der Waals surface area contributed by atoms with Gasteiger partial charge in [0.25, 0.3) is 0 Å². The Balaban J connectivity index is 1.81. The Labute approximate surface area is 171 Å². The van der Waals surface area contributed by atoms with E-state index in [9.17, 15) is 26.4 Å². The third kappa shape index (κ3) is 5.11. The van der Waals surface area contributed by atoms with E-state index in [4.69, 9.17) is 9.84 Å². The molecule has 0 bridgehead atoms. The maximum atomic E-state index is 12.9. The van der Waals surface area contributed by atoms with Crippen molar-refractivity contribution in [3.63, 3.8) is 0 Å². The number of sulfone groups is 1. The number of alkyl halides is 3. The highest BCUT2D eigenvalue weighted by molar-refractivity contribution is 7.91. The Morgan fingerprint density at radius 2 is 1.50 bits per heavy atom. The molecule has 30 heavy (non-hydrogen) atoms. The van der Waals surface area contributed by atoms with Crippen molar-refractivity contribution in [1.82, 2.24) is 5.32 Å². The summed E-state index contributed by atoms with van der Waals surface area (Å²) in [6, 6.07) is 10.3. The van der Waals surface area contributed by atoms with Crippen LogP contribution in [0.15, 0.2) is 53.4 Å². The quantitative estimate of drug-likeness (QED) is 0.730. The fourth-order valence-electron chi connectivity index (χ4n) is 3.45. The average molecular weight is 443 g/mol. The first-order valence-electron chi connectivity index (χ1n) is 9.10. The smallest absolute Gasteiger partial charge is 0.416 e. The summed E-state index contributed by atoms with van der Waals surface area (Å²) in [5.41, 5.74) is -0.819. The fourth-order valence-corrected chi connectivity index (χ4v) is 5.25. The van der Waals surface area contributed by atoms with Crippen LogP contribution in [0.25, 0.3) is 11.1 Å². The Bertz CT molecular complexity index is 996. The van der Waals surface area contributed by atoms with Gasteiger partial charge in [0.05, 0.1) is 21.8 Å². The summed E-state index contributed by atoms with van der Waals surface area (Å²) < 4.78 is 69.1. The maximum Gasteiger partial charge on any atom is 0.416 e. The Morgan fingerprint density at radius 1 is 1.00 bits per heavy atom. The molecular weight excluding hydrogens is 423 g/mol. The predicted molar refractivity (Wildman–Crippen MR) is 103 cm³/mol. The molecule has 6 nitrogen and oxygen atoms in total. The van der Waals surface area contributed by atoms with Gasteiger partial charge < -0.3 is 15.2 Å². The molecule has 0 spiro atoms. The van der Waals surface area contributed by atoms with E-state index < -0.39 is 39.0 Å². The van der Waals surface area contributed by atoms with Gasteiger partial charge in [-0.25, -0.2) is 13.2 Å². The molecule has 0 unspecified atom stereocenters. The fraction of sp³-hybridized carbons (Fsp3) is 0.350. The number of ether oxygens (including phenoxy) is 1. The van der Waals surface area contributed by atoms with E-state index in [1.165, 1.54) is 36.4 Å². The van der Waals surface area contributed by atoms with E-state index in [1.807, 2.05) is 0 Å². The molecule has 0 aliphatic carbocycles. The molecule has 3 rings (SSSR count). The van der Waals surface area contributed by atoms with Gasteiger partial charge in [-0.2, -0.15) is 13.2 Å². The van der Waals surface area contributed by atoms with Gasteiger partial charge in [0, 0.05) is 13.2 Å². The molecule has 2 aromatic rings.